The summed E-state index contributed by atoms with van der Waals surface area (Å²) in [6.45, 7) is 0. The molecule has 0 unspecified atom stereocenters. The minimum atomic E-state index is -1.16. The molecule has 0 aliphatic carbocycles. The number of hydrogen-bond donors (Lipinski definition) is 2. The number of aryl methyl sites for hydroxylation is 1. The zero-order chi connectivity index (χ0) is 15.4. The van der Waals surface area contributed by atoms with Crippen molar-refractivity contribution in [3.63, 3.8) is 0 Å². The minimum Gasteiger partial charge on any atom is -0.478 e. The third kappa shape index (κ3) is 3.53. The summed E-state index contributed by atoms with van der Waals surface area (Å²) in [6.07, 6.45) is 3.46. The van der Waals surface area contributed by atoms with E-state index in [9.17, 15) is 14.0 Å². The van der Waals surface area contributed by atoms with E-state index in [1.54, 1.807) is 7.05 Å². The molecule has 0 atom stereocenters. The second-order valence-electron chi connectivity index (χ2n) is 4.20. The van der Waals surface area contributed by atoms with Crippen LogP contribution in [-0.4, -0.2) is 26.8 Å². The summed E-state index contributed by atoms with van der Waals surface area (Å²) in [4.78, 5) is 22.3. The number of hydrogen-bond acceptors (Lipinski definition) is 3. The van der Waals surface area contributed by atoms with Crippen LogP contribution in [0.2, 0.25) is 0 Å². The Kier molecular flexibility index (Phi) is 4.13. The Hall–Kier alpha value is -2.96. The molecule has 2 aromatic rings. The number of nitrogens with one attached hydrogen (secondary N) is 1. The van der Waals surface area contributed by atoms with Crippen LogP contribution in [0.1, 0.15) is 16.1 Å². The van der Waals surface area contributed by atoms with Crippen molar-refractivity contribution >= 4 is 23.6 Å². The second kappa shape index (κ2) is 6.00. The molecule has 1 heterocycles. The maximum atomic E-state index is 13.8. The van der Waals surface area contributed by atoms with E-state index in [4.69, 9.17) is 5.11 Å². The number of carbonyl (C=O) groups excluding carboxylic acids is 1. The average Bonchev–Trinajstić information content (AvgIpc) is 2.84. The lowest BCUT2D eigenvalue weighted by Crippen LogP contribution is -2.16. The molecule has 6 nitrogen and oxygen atoms in total. The van der Waals surface area contributed by atoms with Crippen molar-refractivity contribution in [3.8, 4) is 0 Å². The summed E-state index contributed by atoms with van der Waals surface area (Å²) in [7, 11) is 1.62. The lowest BCUT2D eigenvalue weighted by molar-refractivity contribution is -0.131. The summed E-state index contributed by atoms with van der Waals surface area (Å²) in [5.74, 6) is -2.21. The standard InChI is InChI=1S/C14H12FN3O3/c1-18-12(6-7-16-18)14(21)17-10-4-2-9(11(15)8-10)3-5-13(19)20/h2-8H,1H3,(H,17,21)(H,19,20). The van der Waals surface area contributed by atoms with Crippen molar-refractivity contribution in [3.05, 3.63) is 53.6 Å². The van der Waals surface area contributed by atoms with Gasteiger partial charge in [0.05, 0.1) is 0 Å². The number of aliphatic carboxylic acids is 1. The van der Waals surface area contributed by atoms with Crippen LogP contribution in [0, 0.1) is 5.82 Å². The molecule has 2 N–H and O–H groups in total. The molecule has 1 amide bonds. The van der Waals surface area contributed by atoms with E-state index >= 15 is 0 Å². The molecule has 0 saturated carbocycles. The molecule has 0 radical (unpaired) electrons. The van der Waals surface area contributed by atoms with E-state index < -0.39 is 17.7 Å². The first-order valence-electron chi connectivity index (χ1n) is 5.97. The van der Waals surface area contributed by atoms with Crippen molar-refractivity contribution in [2.45, 2.75) is 0 Å². The Morgan fingerprint density at radius 1 is 1.38 bits per heavy atom. The molecule has 21 heavy (non-hydrogen) atoms. The Bertz CT molecular complexity index is 722. The van der Waals surface area contributed by atoms with Crippen LogP contribution in [0.15, 0.2) is 36.5 Å². The molecule has 0 aliphatic heterocycles. The van der Waals surface area contributed by atoms with E-state index in [1.807, 2.05) is 0 Å². The minimum absolute atomic E-state index is 0.121. The number of nitrogens with zero attached hydrogens (tertiary/aromatic N) is 2. The van der Waals surface area contributed by atoms with Gasteiger partial charge < -0.3 is 10.4 Å². The van der Waals surface area contributed by atoms with Gasteiger partial charge in [-0.3, -0.25) is 9.48 Å². The molecular weight excluding hydrogens is 277 g/mol. The van der Waals surface area contributed by atoms with Crippen molar-refractivity contribution in [1.29, 1.82) is 0 Å². The highest BCUT2D eigenvalue weighted by Crippen LogP contribution is 2.16. The first kappa shape index (κ1) is 14.4. The third-order valence-electron chi connectivity index (χ3n) is 2.72. The monoisotopic (exact) mass is 289 g/mol. The molecule has 0 saturated heterocycles. The highest BCUT2D eigenvalue weighted by Gasteiger charge is 2.11. The second-order valence-corrected chi connectivity index (χ2v) is 4.20. The predicted octanol–water partition coefficient (Wildman–Crippen LogP) is 1.91. The smallest absolute Gasteiger partial charge is 0.328 e. The SMILES string of the molecule is Cn1nccc1C(=O)Nc1ccc(C=CC(=O)O)c(F)c1. The molecule has 0 aliphatic rings. The molecule has 0 bridgehead atoms. The molecule has 2 rings (SSSR count). The van der Waals surface area contributed by atoms with Crippen LogP contribution in [0.5, 0.6) is 0 Å². The number of carboxylic acid groups (broad SMARTS) is 1. The van der Waals surface area contributed by atoms with E-state index in [2.05, 4.69) is 10.4 Å². The van der Waals surface area contributed by atoms with Gasteiger partial charge in [-0.1, -0.05) is 0 Å². The van der Waals surface area contributed by atoms with Gasteiger partial charge in [-0.15, -0.1) is 0 Å². The molecule has 7 heteroatoms. The number of rotatable bonds is 4. The predicted molar refractivity (Wildman–Crippen MR) is 74.2 cm³/mol. The van der Waals surface area contributed by atoms with Gasteiger partial charge in [0.2, 0.25) is 0 Å². The zero-order valence-electron chi connectivity index (χ0n) is 11.1. The van der Waals surface area contributed by atoms with Crippen LogP contribution in [0.25, 0.3) is 6.08 Å². The highest BCUT2D eigenvalue weighted by molar-refractivity contribution is 6.03. The van der Waals surface area contributed by atoms with Crippen molar-refractivity contribution < 1.29 is 19.1 Å². The summed E-state index contributed by atoms with van der Waals surface area (Å²) < 4.78 is 15.2. The van der Waals surface area contributed by atoms with E-state index in [0.717, 1.165) is 18.2 Å². The van der Waals surface area contributed by atoms with Gasteiger partial charge >= 0.3 is 5.97 Å². The lowest BCUT2D eigenvalue weighted by atomic mass is 10.1. The fraction of sp³-hybridized carbons (Fsp3) is 0.0714. The summed E-state index contributed by atoms with van der Waals surface area (Å²) in [6, 6.07) is 5.53. The number of amides is 1. The first-order valence-corrected chi connectivity index (χ1v) is 5.97. The first-order chi connectivity index (χ1) is 9.97. The van der Waals surface area contributed by atoms with Gasteiger partial charge in [0.25, 0.3) is 5.91 Å². The highest BCUT2D eigenvalue weighted by atomic mass is 19.1. The summed E-state index contributed by atoms with van der Waals surface area (Å²) >= 11 is 0. The van der Waals surface area contributed by atoms with Gasteiger partial charge in [0, 0.05) is 30.6 Å². The van der Waals surface area contributed by atoms with Crippen LogP contribution in [0.4, 0.5) is 10.1 Å². The molecular formula is C14H12FN3O3. The third-order valence-corrected chi connectivity index (χ3v) is 2.72. The maximum absolute atomic E-state index is 13.8. The number of anilines is 1. The van der Waals surface area contributed by atoms with Crippen LogP contribution in [0.3, 0.4) is 0 Å². The number of carboxylic acids is 1. The largest absolute Gasteiger partial charge is 0.478 e. The quantitative estimate of drug-likeness (QED) is 0.842. The Balaban J connectivity index is 2.15. The zero-order valence-corrected chi connectivity index (χ0v) is 11.1. The number of halogens is 1. The van der Waals surface area contributed by atoms with Crippen LogP contribution < -0.4 is 5.32 Å². The number of benzene rings is 1. The van der Waals surface area contributed by atoms with Crippen molar-refractivity contribution in [2.75, 3.05) is 5.32 Å². The Morgan fingerprint density at radius 3 is 2.71 bits per heavy atom. The van der Waals surface area contributed by atoms with E-state index in [1.165, 1.54) is 29.1 Å². The fourth-order valence-electron chi connectivity index (χ4n) is 1.69. The number of aromatic nitrogens is 2. The number of carbonyl (C=O) groups is 2. The summed E-state index contributed by atoms with van der Waals surface area (Å²) in [5.41, 5.74) is 0.729. The van der Waals surface area contributed by atoms with Crippen molar-refractivity contribution in [2.24, 2.45) is 7.05 Å². The van der Waals surface area contributed by atoms with E-state index in [0.29, 0.717) is 5.69 Å². The fourth-order valence-corrected chi connectivity index (χ4v) is 1.69. The molecule has 0 spiro atoms. The lowest BCUT2D eigenvalue weighted by Gasteiger charge is -2.06. The van der Waals surface area contributed by atoms with Crippen LogP contribution >= 0.6 is 0 Å². The van der Waals surface area contributed by atoms with Gasteiger partial charge in [0.1, 0.15) is 11.5 Å². The van der Waals surface area contributed by atoms with Gasteiger partial charge in [-0.2, -0.15) is 5.10 Å². The van der Waals surface area contributed by atoms with Gasteiger partial charge in [-0.05, 0) is 30.3 Å². The summed E-state index contributed by atoms with van der Waals surface area (Å²) in [5, 5.41) is 14.9. The maximum Gasteiger partial charge on any atom is 0.328 e. The van der Waals surface area contributed by atoms with Crippen LogP contribution in [-0.2, 0) is 11.8 Å². The van der Waals surface area contributed by atoms with E-state index in [-0.39, 0.29) is 11.3 Å². The molecule has 1 aromatic carbocycles. The molecule has 1 aromatic heterocycles. The molecule has 0 fully saturated rings. The Morgan fingerprint density at radius 2 is 2.14 bits per heavy atom. The normalized spacial score (nSPS) is 10.8. The van der Waals surface area contributed by atoms with Gasteiger partial charge in [0.15, 0.2) is 0 Å². The topological polar surface area (TPSA) is 84.2 Å². The Labute approximate surface area is 119 Å². The van der Waals surface area contributed by atoms with Crippen molar-refractivity contribution in [1.82, 2.24) is 9.78 Å². The average molecular weight is 289 g/mol. The van der Waals surface area contributed by atoms with Gasteiger partial charge in [-0.25, -0.2) is 9.18 Å². The molecule has 108 valence electrons.